The topological polar surface area (TPSA) is 22.0 Å². The van der Waals surface area contributed by atoms with Crippen molar-refractivity contribution in [3.05, 3.63) is 34.2 Å². The predicted octanol–water partition coefficient (Wildman–Crippen LogP) is 1.38. The molecule has 0 aliphatic rings. The molecule has 0 radical (unpaired) electrons. The van der Waals surface area contributed by atoms with Gasteiger partial charge in [0.1, 0.15) is 0 Å². The molecule has 1 rings (SSSR count). The SMILES string of the molecule is CC(S)c1cccn(C)c1=O. The van der Waals surface area contributed by atoms with Crippen LogP contribution in [0.4, 0.5) is 0 Å². The third-order valence-electron chi connectivity index (χ3n) is 1.60. The van der Waals surface area contributed by atoms with E-state index in [2.05, 4.69) is 12.6 Å². The van der Waals surface area contributed by atoms with Crippen molar-refractivity contribution < 1.29 is 0 Å². The summed E-state index contributed by atoms with van der Waals surface area (Å²) in [4.78, 5) is 11.3. The molecular formula is C8H11NOS. The molecule has 0 N–H and O–H groups in total. The maximum Gasteiger partial charge on any atom is 0.254 e. The highest BCUT2D eigenvalue weighted by atomic mass is 32.1. The molecule has 0 bridgehead atoms. The first-order valence-corrected chi connectivity index (χ1v) is 3.98. The quantitative estimate of drug-likeness (QED) is 0.630. The van der Waals surface area contributed by atoms with E-state index in [-0.39, 0.29) is 10.8 Å². The highest BCUT2D eigenvalue weighted by molar-refractivity contribution is 7.80. The second-order valence-corrected chi connectivity index (χ2v) is 3.33. The summed E-state index contributed by atoms with van der Waals surface area (Å²) in [5.74, 6) is 0. The lowest BCUT2D eigenvalue weighted by molar-refractivity contribution is 0.832. The molecule has 0 amide bonds. The Kier molecular flexibility index (Phi) is 2.39. The number of hydrogen-bond donors (Lipinski definition) is 1. The summed E-state index contributed by atoms with van der Waals surface area (Å²) in [6, 6.07) is 3.66. The van der Waals surface area contributed by atoms with Crippen molar-refractivity contribution in [3.63, 3.8) is 0 Å². The summed E-state index contributed by atoms with van der Waals surface area (Å²) in [5, 5.41) is 0.00917. The normalized spacial score (nSPS) is 13.0. The van der Waals surface area contributed by atoms with Crippen LogP contribution >= 0.6 is 12.6 Å². The van der Waals surface area contributed by atoms with E-state index in [9.17, 15) is 4.79 Å². The summed E-state index contributed by atoms with van der Waals surface area (Å²) in [6.07, 6.45) is 1.74. The van der Waals surface area contributed by atoms with Crippen LogP contribution in [0.15, 0.2) is 23.1 Å². The van der Waals surface area contributed by atoms with Crippen LogP contribution in [-0.4, -0.2) is 4.57 Å². The number of hydrogen-bond acceptors (Lipinski definition) is 2. The van der Waals surface area contributed by atoms with E-state index >= 15 is 0 Å². The van der Waals surface area contributed by atoms with E-state index in [4.69, 9.17) is 0 Å². The molecule has 2 nitrogen and oxygen atoms in total. The maximum atomic E-state index is 11.3. The van der Waals surface area contributed by atoms with E-state index < -0.39 is 0 Å². The Hall–Kier alpha value is -0.700. The van der Waals surface area contributed by atoms with Crippen LogP contribution in [0, 0.1) is 0 Å². The summed E-state index contributed by atoms with van der Waals surface area (Å²) in [5.41, 5.74) is 0.785. The standard InChI is InChI=1S/C8H11NOS/c1-6(11)7-4-3-5-9(2)8(7)10/h3-6,11H,1-2H3. The Morgan fingerprint density at radius 3 is 2.73 bits per heavy atom. The van der Waals surface area contributed by atoms with Crippen molar-refractivity contribution in [2.45, 2.75) is 12.2 Å². The van der Waals surface area contributed by atoms with Gasteiger partial charge in [0.25, 0.3) is 5.56 Å². The van der Waals surface area contributed by atoms with Gasteiger partial charge in [0, 0.05) is 24.1 Å². The highest BCUT2D eigenvalue weighted by Crippen LogP contribution is 2.13. The minimum atomic E-state index is 0.00917. The summed E-state index contributed by atoms with van der Waals surface area (Å²) < 4.78 is 1.56. The van der Waals surface area contributed by atoms with E-state index in [0.717, 1.165) is 5.56 Å². The molecule has 60 valence electrons. The van der Waals surface area contributed by atoms with Crippen molar-refractivity contribution >= 4 is 12.6 Å². The third-order valence-corrected chi connectivity index (χ3v) is 1.88. The molecule has 11 heavy (non-hydrogen) atoms. The van der Waals surface area contributed by atoms with Crippen LogP contribution in [0.1, 0.15) is 17.7 Å². The van der Waals surface area contributed by atoms with Crippen molar-refractivity contribution in [1.82, 2.24) is 4.57 Å². The lowest BCUT2D eigenvalue weighted by Crippen LogP contribution is -2.19. The zero-order chi connectivity index (χ0) is 8.43. The van der Waals surface area contributed by atoms with Crippen LogP contribution < -0.4 is 5.56 Å². The van der Waals surface area contributed by atoms with Gasteiger partial charge in [0.05, 0.1) is 0 Å². The van der Waals surface area contributed by atoms with Gasteiger partial charge in [0.15, 0.2) is 0 Å². The van der Waals surface area contributed by atoms with Crippen LogP contribution in [-0.2, 0) is 7.05 Å². The molecule has 0 spiro atoms. The summed E-state index contributed by atoms with van der Waals surface area (Å²) >= 11 is 4.19. The van der Waals surface area contributed by atoms with Crippen molar-refractivity contribution in [3.8, 4) is 0 Å². The minimum Gasteiger partial charge on any atom is -0.318 e. The Labute approximate surface area is 71.3 Å². The molecule has 0 aromatic carbocycles. The fraction of sp³-hybridized carbons (Fsp3) is 0.375. The number of pyridine rings is 1. The molecule has 1 atom stereocenters. The molecule has 0 aliphatic carbocycles. The zero-order valence-electron chi connectivity index (χ0n) is 6.61. The molecule has 0 saturated heterocycles. The largest absolute Gasteiger partial charge is 0.318 e. The average Bonchev–Trinajstić information content (AvgIpc) is 1.94. The highest BCUT2D eigenvalue weighted by Gasteiger charge is 2.04. The van der Waals surface area contributed by atoms with Gasteiger partial charge in [-0.2, -0.15) is 12.6 Å². The lowest BCUT2D eigenvalue weighted by Gasteiger charge is -2.04. The van der Waals surface area contributed by atoms with E-state index in [1.807, 2.05) is 13.0 Å². The van der Waals surface area contributed by atoms with Crippen molar-refractivity contribution in [2.75, 3.05) is 0 Å². The Morgan fingerprint density at radius 2 is 2.27 bits per heavy atom. The van der Waals surface area contributed by atoms with Gasteiger partial charge in [0.2, 0.25) is 0 Å². The molecular weight excluding hydrogens is 158 g/mol. The van der Waals surface area contributed by atoms with Gasteiger partial charge in [-0.1, -0.05) is 6.07 Å². The summed E-state index contributed by atoms with van der Waals surface area (Å²) in [7, 11) is 1.74. The molecule has 0 aliphatic heterocycles. The number of aromatic nitrogens is 1. The van der Waals surface area contributed by atoms with Crippen molar-refractivity contribution in [2.24, 2.45) is 7.05 Å². The Morgan fingerprint density at radius 1 is 1.64 bits per heavy atom. The molecule has 0 saturated carbocycles. The van der Waals surface area contributed by atoms with Gasteiger partial charge in [-0.25, -0.2) is 0 Å². The lowest BCUT2D eigenvalue weighted by atomic mass is 10.2. The molecule has 1 aromatic rings. The number of rotatable bonds is 1. The third kappa shape index (κ3) is 1.66. The first kappa shape index (κ1) is 8.40. The van der Waals surface area contributed by atoms with Crippen LogP contribution in [0.5, 0.6) is 0 Å². The van der Waals surface area contributed by atoms with Gasteiger partial charge in [-0.05, 0) is 13.0 Å². The van der Waals surface area contributed by atoms with Gasteiger partial charge in [-0.3, -0.25) is 4.79 Å². The van der Waals surface area contributed by atoms with E-state index in [0.29, 0.717) is 0 Å². The minimum absolute atomic E-state index is 0.00917. The second kappa shape index (κ2) is 3.13. The van der Waals surface area contributed by atoms with E-state index in [1.54, 1.807) is 23.9 Å². The molecule has 1 unspecified atom stereocenters. The zero-order valence-corrected chi connectivity index (χ0v) is 7.51. The molecule has 3 heteroatoms. The van der Waals surface area contributed by atoms with Crippen LogP contribution in [0.2, 0.25) is 0 Å². The Bertz CT molecular complexity index is 303. The van der Waals surface area contributed by atoms with Gasteiger partial charge >= 0.3 is 0 Å². The molecule has 1 heterocycles. The molecule has 0 fully saturated rings. The summed E-state index contributed by atoms with van der Waals surface area (Å²) in [6.45, 7) is 1.89. The number of thiol groups is 1. The number of aryl methyl sites for hydroxylation is 1. The number of nitrogens with zero attached hydrogens (tertiary/aromatic N) is 1. The fourth-order valence-electron chi connectivity index (χ4n) is 0.936. The van der Waals surface area contributed by atoms with Crippen LogP contribution in [0.25, 0.3) is 0 Å². The van der Waals surface area contributed by atoms with Crippen molar-refractivity contribution in [1.29, 1.82) is 0 Å². The van der Waals surface area contributed by atoms with Gasteiger partial charge in [-0.15, -0.1) is 0 Å². The second-order valence-electron chi connectivity index (χ2n) is 2.56. The predicted molar refractivity (Wildman–Crippen MR) is 49.1 cm³/mol. The molecule has 1 aromatic heterocycles. The van der Waals surface area contributed by atoms with Gasteiger partial charge < -0.3 is 4.57 Å². The monoisotopic (exact) mass is 169 g/mol. The first-order chi connectivity index (χ1) is 5.13. The van der Waals surface area contributed by atoms with E-state index in [1.165, 1.54) is 0 Å². The fourth-order valence-corrected chi connectivity index (χ4v) is 1.13. The van der Waals surface area contributed by atoms with Crippen LogP contribution in [0.3, 0.4) is 0 Å². The Balaban J connectivity index is 3.28. The average molecular weight is 169 g/mol. The smallest absolute Gasteiger partial charge is 0.254 e. The first-order valence-electron chi connectivity index (χ1n) is 3.46. The maximum absolute atomic E-state index is 11.3.